The molecule has 0 bridgehead atoms. The summed E-state index contributed by atoms with van der Waals surface area (Å²) in [5.41, 5.74) is 3.59. The Bertz CT molecular complexity index is 743. The highest BCUT2D eigenvalue weighted by Crippen LogP contribution is 2.32. The summed E-state index contributed by atoms with van der Waals surface area (Å²) in [6.07, 6.45) is 5.15. The number of aryl methyl sites for hydroxylation is 2. The lowest BCUT2D eigenvalue weighted by atomic mass is 10.1. The van der Waals surface area contributed by atoms with Crippen molar-refractivity contribution in [2.45, 2.75) is 13.8 Å². The zero-order valence-corrected chi connectivity index (χ0v) is 11.9. The van der Waals surface area contributed by atoms with Gasteiger partial charge in [0.25, 0.3) is 0 Å². The van der Waals surface area contributed by atoms with Gasteiger partial charge in [-0.25, -0.2) is 4.98 Å². The van der Waals surface area contributed by atoms with Crippen LogP contribution >= 0.6 is 0 Å². The third-order valence-corrected chi connectivity index (χ3v) is 3.22. The Morgan fingerprint density at radius 2 is 1.76 bits per heavy atom. The molecule has 0 saturated carbocycles. The Morgan fingerprint density at radius 1 is 0.952 bits per heavy atom. The third-order valence-electron chi connectivity index (χ3n) is 3.22. The molecule has 3 rings (SSSR count). The van der Waals surface area contributed by atoms with Gasteiger partial charge in [0, 0.05) is 24.3 Å². The fourth-order valence-electron chi connectivity index (χ4n) is 1.98. The molecule has 0 spiro atoms. The average Bonchev–Trinajstić information content (AvgIpc) is 2.52. The fraction of sp³-hybridized carbons (Fsp3) is 0.118. The van der Waals surface area contributed by atoms with E-state index in [9.17, 15) is 0 Å². The highest BCUT2D eigenvalue weighted by Gasteiger charge is 2.12. The molecule has 0 aliphatic carbocycles. The molecule has 0 fully saturated rings. The summed E-state index contributed by atoms with van der Waals surface area (Å²) >= 11 is 0. The highest BCUT2D eigenvalue weighted by atomic mass is 16.5. The van der Waals surface area contributed by atoms with Crippen LogP contribution in [0, 0.1) is 13.8 Å². The van der Waals surface area contributed by atoms with Gasteiger partial charge < -0.3 is 4.74 Å². The fourth-order valence-corrected chi connectivity index (χ4v) is 1.98. The largest absolute Gasteiger partial charge is 0.455 e. The molecule has 0 aliphatic rings. The van der Waals surface area contributed by atoms with Gasteiger partial charge in [0.05, 0.1) is 5.69 Å². The lowest BCUT2D eigenvalue weighted by Gasteiger charge is -2.12. The van der Waals surface area contributed by atoms with Crippen LogP contribution in [0.2, 0.25) is 0 Å². The molecule has 3 heterocycles. The van der Waals surface area contributed by atoms with Crippen molar-refractivity contribution in [2.75, 3.05) is 0 Å². The first-order valence-electron chi connectivity index (χ1n) is 6.71. The molecule has 4 nitrogen and oxygen atoms in total. The van der Waals surface area contributed by atoms with Gasteiger partial charge in [-0.05, 0) is 49.7 Å². The number of pyridine rings is 3. The number of hydrogen-bond donors (Lipinski definition) is 0. The Balaban J connectivity index is 2.08. The molecule has 4 heteroatoms. The summed E-state index contributed by atoms with van der Waals surface area (Å²) < 4.78 is 5.96. The average molecular weight is 277 g/mol. The predicted octanol–water partition coefficient (Wildman–Crippen LogP) is 3.95. The minimum Gasteiger partial charge on any atom is -0.455 e. The second-order valence-electron chi connectivity index (χ2n) is 4.74. The van der Waals surface area contributed by atoms with E-state index in [1.807, 2.05) is 50.2 Å². The molecule has 3 aromatic heterocycles. The summed E-state index contributed by atoms with van der Waals surface area (Å²) in [7, 11) is 0. The number of hydrogen-bond acceptors (Lipinski definition) is 4. The van der Waals surface area contributed by atoms with Gasteiger partial charge >= 0.3 is 0 Å². The highest BCUT2D eigenvalue weighted by molar-refractivity contribution is 5.64. The van der Waals surface area contributed by atoms with Crippen molar-refractivity contribution >= 4 is 0 Å². The van der Waals surface area contributed by atoms with E-state index in [2.05, 4.69) is 15.0 Å². The lowest BCUT2D eigenvalue weighted by molar-refractivity contribution is 0.480. The summed E-state index contributed by atoms with van der Waals surface area (Å²) in [5.74, 6) is 1.43. The van der Waals surface area contributed by atoms with Crippen LogP contribution in [0.3, 0.4) is 0 Å². The van der Waals surface area contributed by atoms with Gasteiger partial charge in [0.1, 0.15) is 11.4 Å². The molecule has 0 atom stereocenters. The molecular formula is C17H15N3O. The first kappa shape index (κ1) is 13.2. The SMILES string of the molecule is Cc1cc(Oc2ccncc2)c(-c2ccccn2)nc1C. The van der Waals surface area contributed by atoms with Crippen LogP contribution in [0.4, 0.5) is 0 Å². The van der Waals surface area contributed by atoms with Crippen molar-refractivity contribution in [1.29, 1.82) is 0 Å². The Labute approximate surface area is 123 Å². The van der Waals surface area contributed by atoms with Crippen LogP contribution in [0.1, 0.15) is 11.3 Å². The van der Waals surface area contributed by atoms with E-state index in [0.717, 1.165) is 28.4 Å². The number of rotatable bonds is 3. The van der Waals surface area contributed by atoms with Crippen molar-refractivity contribution in [3.63, 3.8) is 0 Å². The molecule has 0 aromatic carbocycles. The lowest BCUT2D eigenvalue weighted by Crippen LogP contribution is -1.97. The molecule has 0 radical (unpaired) electrons. The van der Waals surface area contributed by atoms with Gasteiger partial charge in [0.2, 0.25) is 0 Å². The van der Waals surface area contributed by atoms with Crippen molar-refractivity contribution in [1.82, 2.24) is 15.0 Å². The molecule has 0 unspecified atom stereocenters. The molecule has 3 aromatic rings. The normalized spacial score (nSPS) is 10.4. The molecule has 0 N–H and O–H groups in total. The van der Waals surface area contributed by atoms with Crippen LogP contribution in [-0.2, 0) is 0 Å². The summed E-state index contributed by atoms with van der Waals surface area (Å²) in [4.78, 5) is 13.0. The van der Waals surface area contributed by atoms with Crippen LogP contribution in [0.25, 0.3) is 11.4 Å². The third kappa shape index (κ3) is 2.89. The van der Waals surface area contributed by atoms with E-state index in [1.165, 1.54) is 0 Å². The second-order valence-corrected chi connectivity index (χ2v) is 4.74. The van der Waals surface area contributed by atoms with Gasteiger partial charge in [0.15, 0.2) is 5.75 Å². The molecular weight excluding hydrogens is 262 g/mol. The van der Waals surface area contributed by atoms with Crippen molar-refractivity contribution < 1.29 is 4.74 Å². The maximum Gasteiger partial charge on any atom is 0.155 e. The molecule has 0 aliphatic heterocycles. The van der Waals surface area contributed by atoms with Crippen LogP contribution in [0.5, 0.6) is 11.5 Å². The predicted molar refractivity (Wildman–Crippen MR) is 81.3 cm³/mol. The first-order valence-corrected chi connectivity index (χ1v) is 6.71. The van der Waals surface area contributed by atoms with E-state index in [0.29, 0.717) is 5.75 Å². The number of ether oxygens (including phenoxy) is 1. The van der Waals surface area contributed by atoms with Crippen molar-refractivity contribution in [3.8, 4) is 22.9 Å². The minimum atomic E-state index is 0.697. The van der Waals surface area contributed by atoms with Crippen LogP contribution in [-0.4, -0.2) is 15.0 Å². The quantitative estimate of drug-likeness (QED) is 0.727. The summed E-state index contributed by atoms with van der Waals surface area (Å²) in [6.45, 7) is 4.00. The van der Waals surface area contributed by atoms with Gasteiger partial charge in [-0.3, -0.25) is 9.97 Å². The zero-order chi connectivity index (χ0) is 14.7. The van der Waals surface area contributed by atoms with Gasteiger partial charge in [-0.15, -0.1) is 0 Å². The number of aromatic nitrogens is 3. The Morgan fingerprint density at radius 3 is 2.48 bits per heavy atom. The van der Waals surface area contributed by atoms with E-state index >= 15 is 0 Å². The molecule has 21 heavy (non-hydrogen) atoms. The Kier molecular flexibility index (Phi) is 3.60. The maximum absolute atomic E-state index is 5.96. The second kappa shape index (κ2) is 5.71. The topological polar surface area (TPSA) is 47.9 Å². The van der Waals surface area contributed by atoms with E-state index < -0.39 is 0 Å². The Hall–Kier alpha value is -2.75. The van der Waals surface area contributed by atoms with E-state index in [4.69, 9.17) is 4.74 Å². The zero-order valence-electron chi connectivity index (χ0n) is 11.9. The summed E-state index contributed by atoms with van der Waals surface area (Å²) in [6, 6.07) is 11.4. The van der Waals surface area contributed by atoms with Crippen LogP contribution < -0.4 is 4.74 Å². The smallest absolute Gasteiger partial charge is 0.155 e. The monoisotopic (exact) mass is 277 g/mol. The minimum absolute atomic E-state index is 0.697. The van der Waals surface area contributed by atoms with Crippen molar-refractivity contribution in [3.05, 3.63) is 66.2 Å². The summed E-state index contributed by atoms with van der Waals surface area (Å²) in [5, 5.41) is 0. The van der Waals surface area contributed by atoms with Gasteiger partial charge in [-0.1, -0.05) is 6.07 Å². The number of nitrogens with zero attached hydrogens (tertiary/aromatic N) is 3. The molecule has 104 valence electrons. The van der Waals surface area contributed by atoms with E-state index in [1.54, 1.807) is 18.6 Å². The van der Waals surface area contributed by atoms with Crippen molar-refractivity contribution in [2.24, 2.45) is 0 Å². The maximum atomic E-state index is 5.96. The standard InChI is InChI=1S/C17H15N3O/c1-12-11-16(21-14-6-9-18-10-7-14)17(20-13(12)2)15-5-3-4-8-19-15/h3-11H,1-2H3. The molecule has 0 saturated heterocycles. The first-order chi connectivity index (χ1) is 10.2. The van der Waals surface area contributed by atoms with E-state index in [-0.39, 0.29) is 0 Å². The van der Waals surface area contributed by atoms with Gasteiger partial charge in [-0.2, -0.15) is 0 Å². The molecule has 0 amide bonds. The van der Waals surface area contributed by atoms with Crippen LogP contribution in [0.15, 0.2) is 55.0 Å².